The highest BCUT2D eigenvalue weighted by Gasteiger charge is 2.35. The maximum Gasteiger partial charge on any atom is 0.336 e. The fourth-order valence-electron chi connectivity index (χ4n) is 11.7. The van der Waals surface area contributed by atoms with E-state index >= 15 is 0 Å². The number of benzene rings is 3. The topological polar surface area (TPSA) is 544 Å². The molecule has 102 heavy (non-hydrogen) atoms. The normalized spacial score (nSPS) is 14.2. The Labute approximate surface area is 576 Å². The van der Waals surface area contributed by atoms with Crippen LogP contribution < -0.4 is 10.7 Å². The Balaban J connectivity index is 1.42. The number of aliphatic carboxylic acids is 9. The van der Waals surface area contributed by atoms with E-state index in [1.165, 1.54) is 15.9 Å². The maximum atomic E-state index is 14.9. The molecule has 0 radical (unpaired) electrons. The fraction of sp³-hybridized carbons (Fsp3) is 0.469. The lowest BCUT2D eigenvalue weighted by atomic mass is 9.89. The number of carbonyl (C=O) groups excluding carboxylic acids is 5. The summed E-state index contributed by atoms with van der Waals surface area (Å²) in [4.78, 5) is 210. The summed E-state index contributed by atoms with van der Waals surface area (Å²) in [7, 11) is 0. The van der Waals surface area contributed by atoms with E-state index in [0.717, 1.165) is 46.2 Å². The van der Waals surface area contributed by atoms with Crippen LogP contribution in [0.1, 0.15) is 97.8 Å². The summed E-state index contributed by atoms with van der Waals surface area (Å²) in [5.74, 6) is -23.5. The molecule has 2 heterocycles. The number of phenolic OH excluding ortho intramolecular Hbond substituents is 1. The molecule has 2 aliphatic heterocycles. The minimum Gasteiger partial charge on any atom is -0.505 e. The first kappa shape index (κ1) is 81.4. The van der Waals surface area contributed by atoms with Crippen LogP contribution in [0, 0.1) is 11.6 Å². The van der Waals surface area contributed by atoms with Crippen molar-refractivity contribution in [3.63, 3.8) is 0 Å². The first-order chi connectivity index (χ1) is 48.1. The molecule has 3 atom stereocenters. The van der Waals surface area contributed by atoms with Gasteiger partial charge in [0.05, 0.1) is 44.8 Å². The van der Waals surface area contributed by atoms with Crippen molar-refractivity contribution >= 4 is 100 Å². The molecular weight excluding hydrogens is 1370 g/mol. The Morgan fingerprint density at radius 3 is 1.23 bits per heavy atom. The molecule has 12 N–H and O–H groups in total. The molecule has 2 aromatic carbocycles. The Morgan fingerprint density at radius 1 is 0.461 bits per heavy atom. The Kier molecular flexibility index (Phi) is 30.6. The molecule has 38 heteroatoms. The molecule has 554 valence electrons. The van der Waals surface area contributed by atoms with Crippen molar-refractivity contribution in [2.45, 2.75) is 95.2 Å². The van der Waals surface area contributed by atoms with Gasteiger partial charge in [0, 0.05) is 119 Å². The third-order valence-electron chi connectivity index (χ3n) is 16.5. The first-order valence-electron chi connectivity index (χ1n) is 31.6. The standard InChI is InChI=1S/C64H76F2N8O28/c65-40-25-38-47(27-45(40)75)102-48-28-46(76)41(66)26-39(48)59(38)37-24-35(7-8-36(37)61(94)95)60(93)67-15-3-1-2-6-49(77)68-16-4-17-70(51(79)13-10-43(63(98)99)73(31-55(85)86)32-56(87)88)22-23-71(52(80)14-11-44(64(100)101)74(33-57(89)90)34-58(91)92)19-5-18-69(21-20-68)50(78)12-9-42(62(96)97)72(29-53(81)82)30-54(83)84/h7-8,24-28,42-44,75H,1-6,9-23,29-34H2,(H,67,93)(H,81,82)(H,83,84)(H,85,86)(H,87,88)(H,89,90)(H,91,92)(H,94,95)(H,96,97)(H,98,99)(H,100,101). The van der Waals surface area contributed by atoms with Crippen molar-refractivity contribution in [2.24, 2.45) is 0 Å². The molecule has 1 saturated heterocycles. The summed E-state index contributed by atoms with van der Waals surface area (Å²) in [5, 5.41) is 110. The molecule has 5 rings (SSSR count). The van der Waals surface area contributed by atoms with E-state index in [4.69, 9.17) is 4.42 Å². The zero-order valence-electron chi connectivity index (χ0n) is 54.6. The van der Waals surface area contributed by atoms with Crippen LogP contribution in [-0.2, 0) is 62.3 Å². The number of nitrogens with zero attached hydrogens (tertiary/aromatic N) is 7. The second kappa shape index (κ2) is 38.3. The van der Waals surface area contributed by atoms with Crippen LogP contribution in [0.15, 0.2) is 51.7 Å². The van der Waals surface area contributed by atoms with Gasteiger partial charge in [0.15, 0.2) is 17.4 Å². The van der Waals surface area contributed by atoms with E-state index in [-0.39, 0.29) is 123 Å². The minimum absolute atomic E-state index is 0.0483. The predicted octanol–water partition coefficient (Wildman–Crippen LogP) is 0.759. The van der Waals surface area contributed by atoms with Gasteiger partial charge in [0.2, 0.25) is 29.1 Å². The maximum absolute atomic E-state index is 14.9. The van der Waals surface area contributed by atoms with Gasteiger partial charge in [0.1, 0.15) is 29.5 Å². The van der Waals surface area contributed by atoms with Gasteiger partial charge in [0.25, 0.3) is 5.91 Å². The summed E-state index contributed by atoms with van der Waals surface area (Å²) in [6, 6.07) is 1.03. The lowest BCUT2D eigenvalue weighted by molar-refractivity contribution is -0.152. The number of hydrogen-bond acceptors (Lipinski definition) is 21. The van der Waals surface area contributed by atoms with Crippen molar-refractivity contribution in [3.8, 4) is 28.2 Å². The number of hydrogen-bond donors (Lipinski definition) is 12. The van der Waals surface area contributed by atoms with Crippen LogP contribution in [0.25, 0.3) is 33.4 Å². The third kappa shape index (κ3) is 24.3. The SMILES string of the molecule is O=C(O)CN(CC(=O)O)C(CCC(=O)N1CCCN(C(=O)CCC(C(=O)O)N(CC(=O)O)CC(=O)O)CCN(C(=O)CCC(C(=O)O)N(CC(=O)O)CC(=O)O)CCCN(C(=O)CCCCCNC(=O)c2ccc(C(=O)O)c(-c3c4cc(F)c(=O)cc-4oc4cc(O)c(F)cc34)c2)CC1)C(=O)O. The Hall–Kier alpha value is -11.3. The molecule has 1 aliphatic carbocycles. The second-order valence-electron chi connectivity index (χ2n) is 23.7. The number of amides is 5. The zero-order valence-corrected chi connectivity index (χ0v) is 54.6. The highest BCUT2D eigenvalue weighted by molar-refractivity contribution is 6.09. The number of rotatable bonds is 36. The number of carbonyl (C=O) groups is 15. The molecule has 0 saturated carbocycles. The number of carboxylic acid groups (broad SMARTS) is 10. The average molecular weight is 1440 g/mol. The van der Waals surface area contributed by atoms with Crippen molar-refractivity contribution in [1.29, 1.82) is 0 Å². The number of fused-ring (bicyclic) bond motifs is 2. The van der Waals surface area contributed by atoms with Gasteiger partial charge < -0.3 is 85.5 Å². The molecule has 3 unspecified atom stereocenters. The summed E-state index contributed by atoms with van der Waals surface area (Å²) in [5.41, 5.74) is -2.51. The van der Waals surface area contributed by atoms with E-state index < -0.39 is 227 Å². The van der Waals surface area contributed by atoms with E-state index in [9.17, 15) is 142 Å². The number of halogens is 2. The van der Waals surface area contributed by atoms with Gasteiger partial charge >= 0.3 is 59.7 Å². The quantitative estimate of drug-likeness (QED) is 0.0221. The van der Waals surface area contributed by atoms with Crippen LogP contribution in [0.4, 0.5) is 8.78 Å². The molecule has 0 bridgehead atoms. The highest BCUT2D eigenvalue weighted by atomic mass is 19.1. The van der Waals surface area contributed by atoms with E-state index in [0.29, 0.717) is 14.7 Å². The van der Waals surface area contributed by atoms with Gasteiger partial charge in [-0.3, -0.25) is 86.6 Å². The lowest BCUT2D eigenvalue weighted by Gasteiger charge is -2.33. The van der Waals surface area contributed by atoms with Gasteiger partial charge in [-0.15, -0.1) is 0 Å². The molecule has 0 aromatic heterocycles. The Morgan fingerprint density at radius 2 is 0.853 bits per heavy atom. The predicted molar refractivity (Wildman–Crippen MR) is 342 cm³/mol. The number of unbranched alkanes of at least 4 members (excludes halogenated alkanes) is 2. The number of nitrogens with one attached hydrogen (secondary N) is 1. The molecular formula is C64H76F2N8O28. The van der Waals surface area contributed by atoms with Crippen LogP contribution >= 0.6 is 0 Å². The van der Waals surface area contributed by atoms with Crippen LogP contribution in [0.3, 0.4) is 0 Å². The third-order valence-corrected chi connectivity index (χ3v) is 16.5. The molecule has 2 aromatic rings. The van der Waals surface area contributed by atoms with Crippen molar-refractivity contribution < 1.29 is 141 Å². The van der Waals surface area contributed by atoms with Crippen molar-refractivity contribution in [2.75, 3.05) is 98.2 Å². The van der Waals surface area contributed by atoms with Crippen LogP contribution in [0.5, 0.6) is 5.75 Å². The number of aromatic carboxylic acids is 1. The Bertz CT molecular complexity index is 3820. The van der Waals surface area contributed by atoms with E-state index in [1.807, 2.05) is 0 Å². The lowest BCUT2D eigenvalue weighted by Crippen LogP contribution is -2.49. The minimum atomic E-state index is -1.86. The molecule has 36 nitrogen and oxygen atoms in total. The van der Waals surface area contributed by atoms with E-state index in [1.54, 1.807) is 0 Å². The van der Waals surface area contributed by atoms with Crippen LogP contribution in [-0.4, -0.2) is 296 Å². The van der Waals surface area contributed by atoms with Gasteiger partial charge in [-0.1, -0.05) is 6.42 Å². The second-order valence-corrected chi connectivity index (χ2v) is 23.7. The molecule has 1 fully saturated rings. The van der Waals surface area contributed by atoms with Gasteiger partial charge in [-0.25, -0.2) is 13.6 Å². The molecule has 3 aliphatic rings. The molecule has 5 amide bonds. The number of phenols is 1. The van der Waals surface area contributed by atoms with E-state index in [2.05, 4.69) is 5.32 Å². The summed E-state index contributed by atoms with van der Waals surface area (Å²) >= 11 is 0. The fourth-order valence-corrected chi connectivity index (χ4v) is 11.7. The monoisotopic (exact) mass is 1440 g/mol. The van der Waals surface area contributed by atoms with Crippen LogP contribution in [0.2, 0.25) is 0 Å². The molecule has 0 spiro atoms. The largest absolute Gasteiger partial charge is 0.505 e. The van der Waals surface area contributed by atoms with Crippen molar-refractivity contribution in [3.05, 3.63) is 75.4 Å². The summed E-state index contributed by atoms with van der Waals surface area (Å²) in [6.07, 6.45) is -3.85. The average Bonchev–Trinajstić information content (AvgIpc) is 0.740. The summed E-state index contributed by atoms with van der Waals surface area (Å²) < 4.78 is 35.5. The highest BCUT2D eigenvalue weighted by Crippen LogP contribution is 2.43. The smallest absolute Gasteiger partial charge is 0.336 e. The van der Waals surface area contributed by atoms with Gasteiger partial charge in [-0.2, -0.15) is 0 Å². The number of carboxylic acids is 10. The summed E-state index contributed by atoms with van der Waals surface area (Å²) in [6.45, 7) is -8.99. The number of aromatic hydroxyl groups is 1. The first-order valence-corrected chi connectivity index (χ1v) is 31.6. The van der Waals surface area contributed by atoms with Gasteiger partial charge in [-0.05, 0) is 80.8 Å². The van der Waals surface area contributed by atoms with Crippen molar-refractivity contribution in [1.82, 2.24) is 39.6 Å². The zero-order chi connectivity index (χ0) is 75.8.